The molecule has 1 aliphatic rings. The Morgan fingerprint density at radius 2 is 1.88 bits per heavy atom. The molecule has 0 spiro atoms. The van der Waals surface area contributed by atoms with Crippen molar-refractivity contribution >= 4 is 0 Å². The molecule has 0 heterocycles. The number of nitrogens with zero attached hydrogens (tertiary/aromatic N) is 1. The molecule has 0 aromatic rings. The van der Waals surface area contributed by atoms with Crippen molar-refractivity contribution in [3.8, 4) is 0 Å². The lowest BCUT2D eigenvalue weighted by molar-refractivity contribution is 0.0309. The molecule has 1 N–H and O–H groups in total. The summed E-state index contributed by atoms with van der Waals surface area (Å²) in [5, 5.41) is 10.2. The second-order valence-electron chi connectivity index (χ2n) is 5.65. The van der Waals surface area contributed by atoms with Gasteiger partial charge in [0.15, 0.2) is 0 Å². The fourth-order valence-corrected chi connectivity index (χ4v) is 2.52. The lowest BCUT2D eigenvalue weighted by Crippen LogP contribution is -2.37. The molecule has 0 saturated heterocycles. The molecule has 1 saturated carbocycles. The fourth-order valence-electron chi connectivity index (χ4n) is 2.52. The maximum atomic E-state index is 10.2. The number of likely N-dealkylation sites (N-methyl/N-ethyl adjacent to an activating group) is 1. The zero-order valence-corrected chi connectivity index (χ0v) is 11.7. The summed E-state index contributed by atoms with van der Waals surface area (Å²) >= 11 is 0. The summed E-state index contributed by atoms with van der Waals surface area (Å²) in [7, 11) is 2.07. The first-order chi connectivity index (χ1) is 8.09. The number of hydrogen-bond donors (Lipinski definition) is 1. The van der Waals surface area contributed by atoms with Crippen molar-refractivity contribution in [2.75, 3.05) is 26.7 Å². The van der Waals surface area contributed by atoms with Crippen LogP contribution in [0.15, 0.2) is 0 Å². The van der Waals surface area contributed by atoms with Gasteiger partial charge in [-0.3, -0.25) is 0 Å². The van der Waals surface area contributed by atoms with Crippen LogP contribution < -0.4 is 0 Å². The van der Waals surface area contributed by atoms with Gasteiger partial charge in [0.2, 0.25) is 0 Å². The highest BCUT2D eigenvalue weighted by atomic mass is 16.5. The number of rotatable bonds is 7. The maximum Gasteiger partial charge on any atom is 0.0695 e. The second kappa shape index (κ2) is 8.06. The average molecular weight is 243 g/mol. The van der Waals surface area contributed by atoms with Crippen LogP contribution in [-0.4, -0.2) is 49.0 Å². The first-order valence-electron chi connectivity index (χ1n) is 7.08. The highest BCUT2D eigenvalue weighted by Gasteiger charge is 2.22. The highest BCUT2D eigenvalue weighted by molar-refractivity contribution is 4.75. The second-order valence-corrected chi connectivity index (χ2v) is 5.65. The quantitative estimate of drug-likeness (QED) is 0.744. The third-order valence-electron chi connectivity index (χ3n) is 3.62. The van der Waals surface area contributed by atoms with Crippen molar-refractivity contribution in [2.45, 2.75) is 58.2 Å². The minimum Gasteiger partial charge on any atom is -0.392 e. The Balaban J connectivity index is 2.13. The van der Waals surface area contributed by atoms with E-state index in [1.54, 1.807) is 0 Å². The molecule has 0 radical (unpaired) electrons. The van der Waals surface area contributed by atoms with E-state index >= 15 is 0 Å². The normalized spacial score (nSPS) is 20.1. The van der Waals surface area contributed by atoms with Crippen LogP contribution in [0.4, 0.5) is 0 Å². The van der Waals surface area contributed by atoms with E-state index in [0.29, 0.717) is 12.0 Å². The van der Waals surface area contributed by atoms with Gasteiger partial charge in [-0.05, 0) is 39.7 Å². The molecule has 1 aliphatic carbocycles. The molecular formula is C14H29NO2. The van der Waals surface area contributed by atoms with Gasteiger partial charge in [0.05, 0.1) is 18.8 Å². The molecule has 0 aromatic carbocycles. The Bertz CT molecular complexity index is 191. The van der Waals surface area contributed by atoms with Crippen LogP contribution >= 0.6 is 0 Å². The molecule has 1 atom stereocenters. The van der Waals surface area contributed by atoms with Gasteiger partial charge in [0.25, 0.3) is 0 Å². The minimum absolute atomic E-state index is 0.153. The van der Waals surface area contributed by atoms with Crippen molar-refractivity contribution in [1.29, 1.82) is 0 Å². The van der Waals surface area contributed by atoms with Crippen molar-refractivity contribution in [2.24, 2.45) is 5.92 Å². The zero-order chi connectivity index (χ0) is 12.7. The molecule has 102 valence electrons. The van der Waals surface area contributed by atoms with Crippen molar-refractivity contribution in [3.05, 3.63) is 0 Å². The van der Waals surface area contributed by atoms with Crippen molar-refractivity contribution in [3.63, 3.8) is 0 Å². The van der Waals surface area contributed by atoms with Crippen molar-refractivity contribution in [1.82, 2.24) is 4.90 Å². The topological polar surface area (TPSA) is 32.7 Å². The molecule has 1 fully saturated rings. The summed E-state index contributed by atoms with van der Waals surface area (Å²) in [5.41, 5.74) is 0. The summed E-state index contributed by atoms with van der Waals surface area (Å²) in [4.78, 5) is 2.18. The number of aliphatic hydroxyl groups is 1. The van der Waals surface area contributed by atoms with E-state index < -0.39 is 0 Å². The Labute approximate surface area is 106 Å². The third kappa shape index (κ3) is 6.39. The third-order valence-corrected chi connectivity index (χ3v) is 3.62. The molecule has 1 unspecified atom stereocenters. The number of aliphatic hydroxyl groups excluding tert-OH is 1. The SMILES string of the molecule is CC(C)OCCN(C)CC(O)C1CCCCC1. The van der Waals surface area contributed by atoms with E-state index in [9.17, 15) is 5.11 Å². The van der Waals surface area contributed by atoms with E-state index in [4.69, 9.17) is 4.74 Å². The summed E-state index contributed by atoms with van der Waals surface area (Å²) in [5.74, 6) is 0.525. The van der Waals surface area contributed by atoms with Gasteiger partial charge in [-0.25, -0.2) is 0 Å². The fraction of sp³-hybridized carbons (Fsp3) is 1.00. The Morgan fingerprint density at radius 1 is 1.24 bits per heavy atom. The van der Waals surface area contributed by atoms with Gasteiger partial charge in [-0.1, -0.05) is 19.3 Å². The van der Waals surface area contributed by atoms with Gasteiger partial charge in [0.1, 0.15) is 0 Å². The van der Waals surface area contributed by atoms with Gasteiger partial charge in [0, 0.05) is 13.1 Å². The van der Waals surface area contributed by atoms with E-state index in [2.05, 4.69) is 25.8 Å². The minimum atomic E-state index is -0.153. The zero-order valence-electron chi connectivity index (χ0n) is 11.7. The van der Waals surface area contributed by atoms with Crippen LogP contribution in [0.25, 0.3) is 0 Å². The van der Waals surface area contributed by atoms with Crippen LogP contribution in [-0.2, 0) is 4.74 Å². The van der Waals surface area contributed by atoms with Crippen LogP contribution in [0.1, 0.15) is 46.0 Å². The van der Waals surface area contributed by atoms with E-state index in [1.807, 2.05) is 0 Å². The van der Waals surface area contributed by atoms with E-state index in [-0.39, 0.29) is 6.10 Å². The van der Waals surface area contributed by atoms with E-state index in [0.717, 1.165) is 19.7 Å². The smallest absolute Gasteiger partial charge is 0.0695 e. The monoisotopic (exact) mass is 243 g/mol. The van der Waals surface area contributed by atoms with Crippen LogP contribution in [0, 0.1) is 5.92 Å². The molecule has 17 heavy (non-hydrogen) atoms. The van der Waals surface area contributed by atoms with E-state index in [1.165, 1.54) is 32.1 Å². The summed E-state index contributed by atoms with van der Waals surface area (Å²) in [6, 6.07) is 0. The predicted molar refractivity (Wildman–Crippen MR) is 71.2 cm³/mol. The predicted octanol–water partition coefficient (Wildman–Crippen LogP) is 2.28. The first-order valence-corrected chi connectivity index (χ1v) is 7.08. The Kier molecular flexibility index (Phi) is 7.09. The standard InChI is InChI=1S/C14H29NO2/c1-12(2)17-10-9-15(3)11-14(16)13-7-5-4-6-8-13/h12-14,16H,4-11H2,1-3H3. The Hall–Kier alpha value is -0.120. The molecule has 3 heteroatoms. The van der Waals surface area contributed by atoms with Crippen molar-refractivity contribution < 1.29 is 9.84 Å². The number of hydrogen-bond acceptors (Lipinski definition) is 3. The average Bonchev–Trinajstić information content (AvgIpc) is 2.29. The summed E-state index contributed by atoms with van der Waals surface area (Å²) in [6.45, 7) is 6.55. The van der Waals surface area contributed by atoms with Gasteiger partial charge >= 0.3 is 0 Å². The summed E-state index contributed by atoms with van der Waals surface area (Å²) < 4.78 is 5.52. The molecule has 0 aromatic heterocycles. The first kappa shape index (κ1) is 14.9. The molecular weight excluding hydrogens is 214 g/mol. The maximum absolute atomic E-state index is 10.2. The van der Waals surface area contributed by atoms with Crippen LogP contribution in [0.5, 0.6) is 0 Å². The highest BCUT2D eigenvalue weighted by Crippen LogP contribution is 2.26. The lowest BCUT2D eigenvalue weighted by atomic mass is 9.85. The molecule has 0 aliphatic heterocycles. The molecule has 3 nitrogen and oxygen atoms in total. The molecule has 1 rings (SSSR count). The largest absolute Gasteiger partial charge is 0.392 e. The van der Waals surface area contributed by atoms with Crippen LogP contribution in [0.3, 0.4) is 0 Å². The molecule has 0 amide bonds. The lowest BCUT2D eigenvalue weighted by Gasteiger charge is -2.29. The van der Waals surface area contributed by atoms with Gasteiger partial charge < -0.3 is 14.7 Å². The molecule has 0 bridgehead atoms. The number of ether oxygens (including phenoxy) is 1. The van der Waals surface area contributed by atoms with Gasteiger partial charge in [-0.2, -0.15) is 0 Å². The van der Waals surface area contributed by atoms with Gasteiger partial charge in [-0.15, -0.1) is 0 Å². The Morgan fingerprint density at radius 3 is 2.47 bits per heavy atom. The summed E-state index contributed by atoms with van der Waals surface area (Å²) in [6.07, 6.45) is 6.49. The van der Waals surface area contributed by atoms with Crippen LogP contribution in [0.2, 0.25) is 0 Å².